The van der Waals surface area contributed by atoms with Crippen LogP contribution in [0.1, 0.15) is 12.8 Å². The van der Waals surface area contributed by atoms with E-state index in [0.29, 0.717) is 18.8 Å². The van der Waals surface area contributed by atoms with Gasteiger partial charge in [0.2, 0.25) is 0 Å². The maximum absolute atomic E-state index is 11.0. The van der Waals surface area contributed by atoms with E-state index in [-0.39, 0.29) is 11.4 Å². The van der Waals surface area contributed by atoms with Gasteiger partial charge < -0.3 is 15.5 Å². The summed E-state index contributed by atoms with van der Waals surface area (Å²) in [6, 6.07) is 4.92. The van der Waals surface area contributed by atoms with Crippen LogP contribution in [0, 0.1) is 16.0 Å². The van der Waals surface area contributed by atoms with Gasteiger partial charge in [0, 0.05) is 13.2 Å². The topological polar surface area (TPSA) is 102 Å². The highest BCUT2D eigenvalue weighted by molar-refractivity contribution is 5.75. The normalized spacial score (nSPS) is 14.2. The lowest BCUT2D eigenvalue weighted by Gasteiger charge is -2.10. The molecule has 0 amide bonds. The van der Waals surface area contributed by atoms with E-state index in [1.165, 1.54) is 12.8 Å². The highest BCUT2D eigenvalue weighted by Gasteiger charge is 2.21. The average Bonchev–Trinajstić information content (AvgIpc) is 3.21. The van der Waals surface area contributed by atoms with E-state index in [0.717, 1.165) is 12.5 Å². The van der Waals surface area contributed by atoms with Gasteiger partial charge in [-0.25, -0.2) is 0 Å². The van der Waals surface area contributed by atoms with Gasteiger partial charge in [0.25, 0.3) is 0 Å². The van der Waals surface area contributed by atoms with E-state index < -0.39 is 4.92 Å². The van der Waals surface area contributed by atoms with Crippen LogP contribution < -0.4 is 16.6 Å². The second kappa shape index (κ2) is 6.35. The Morgan fingerprint density at radius 2 is 2.16 bits per heavy atom. The molecule has 0 atom stereocenters. The number of anilines is 2. The summed E-state index contributed by atoms with van der Waals surface area (Å²) in [7, 11) is 0. The van der Waals surface area contributed by atoms with Crippen molar-refractivity contribution >= 4 is 17.1 Å². The first-order chi connectivity index (χ1) is 9.22. The number of hydrazine groups is 1. The number of para-hydroxylation sites is 1. The lowest BCUT2D eigenvalue weighted by molar-refractivity contribution is -0.383. The lowest BCUT2D eigenvalue weighted by atomic mass is 10.2. The molecule has 0 aliphatic heterocycles. The van der Waals surface area contributed by atoms with Crippen LogP contribution >= 0.6 is 0 Å². The molecule has 1 aliphatic rings. The summed E-state index contributed by atoms with van der Waals surface area (Å²) in [6.45, 7) is 1.85. The fourth-order valence-electron chi connectivity index (χ4n) is 1.79. The third-order valence-corrected chi connectivity index (χ3v) is 2.99. The molecule has 1 aromatic carbocycles. The van der Waals surface area contributed by atoms with E-state index in [1.807, 2.05) is 0 Å². The molecule has 1 saturated carbocycles. The molecule has 7 heteroatoms. The number of ether oxygens (including phenoxy) is 1. The monoisotopic (exact) mass is 266 g/mol. The number of benzene rings is 1. The molecule has 7 nitrogen and oxygen atoms in total. The zero-order chi connectivity index (χ0) is 13.7. The summed E-state index contributed by atoms with van der Waals surface area (Å²) < 4.78 is 5.46. The van der Waals surface area contributed by atoms with Gasteiger partial charge in [-0.3, -0.25) is 16.0 Å². The van der Waals surface area contributed by atoms with Gasteiger partial charge in [0.05, 0.1) is 11.5 Å². The van der Waals surface area contributed by atoms with Gasteiger partial charge in [-0.05, 0) is 30.9 Å². The fourth-order valence-corrected chi connectivity index (χ4v) is 1.79. The highest BCUT2D eigenvalue weighted by atomic mass is 16.6. The summed E-state index contributed by atoms with van der Waals surface area (Å²) >= 11 is 0. The summed E-state index contributed by atoms with van der Waals surface area (Å²) in [5.41, 5.74) is 3.01. The summed E-state index contributed by atoms with van der Waals surface area (Å²) in [4.78, 5) is 10.6. The Morgan fingerprint density at radius 3 is 2.79 bits per heavy atom. The standard InChI is InChI=1S/C12H18N4O3/c13-15-11-3-1-2-10(12(11)16(17)18)14-6-7-19-8-9-4-5-9/h1-3,9,14-15H,4-8,13H2. The van der Waals surface area contributed by atoms with Crippen molar-refractivity contribution in [3.05, 3.63) is 28.3 Å². The van der Waals surface area contributed by atoms with Crippen molar-refractivity contribution in [1.82, 2.24) is 0 Å². The number of hydrogen-bond donors (Lipinski definition) is 3. The molecule has 0 bridgehead atoms. The van der Waals surface area contributed by atoms with Gasteiger partial charge >= 0.3 is 5.69 Å². The van der Waals surface area contributed by atoms with Crippen molar-refractivity contribution in [3.8, 4) is 0 Å². The van der Waals surface area contributed by atoms with Crippen LogP contribution in [0.5, 0.6) is 0 Å². The maximum Gasteiger partial charge on any atom is 0.316 e. The van der Waals surface area contributed by atoms with Crippen molar-refractivity contribution in [2.24, 2.45) is 11.8 Å². The Morgan fingerprint density at radius 1 is 1.42 bits per heavy atom. The molecule has 2 rings (SSSR count). The molecular weight excluding hydrogens is 248 g/mol. The van der Waals surface area contributed by atoms with Crippen molar-refractivity contribution in [3.63, 3.8) is 0 Å². The molecule has 104 valence electrons. The Hall–Kier alpha value is -1.86. The third-order valence-electron chi connectivity index (χ3n) is 2.99. The lowest BCUT2D eigenvalue weighted by Crippen LogP contribution is -2.14. The minimum Gasteiger partial charge on any atom is -0.379 e. The first-order valence-electron chi connectivity index (χ1n) is 6.28. The van der Waals surface area contributed by atoms with E-state index in [2.05, 4.69) is 10.7 Å². The molecule has 1 aliphatic carbocycles. The molecule has 4 N–H and O–H groups in total. The Kier molecular flexibility index (Phi) is 4.53. The second-order valence-electron chi connectivity index (χ2n) is 4.55. The second-order valence-corrected chi connectivity index (χ2v) is 4.55. The van der Waals surface area contributed by atoms with Gasteiger partial charge in [-0.2, -0.15) is 0 Å². The van der Waals surface area contributed by atoms with Crippen LogP contribution in [0.3, 0.4) is 0 Å². The molecule has 0 saturated heterocycles. The predicted octanol–water partition coefficient (Wildman–Crippen LogP) is 1.72. The van der Waals surface area contributed by atoms with Crippen molar-refractivity contribution < 1.29 is 9.66 Å². The Balaban J connectivity index is 1.88. The Labute approximate surface area is 111 Å². The van der Waals surface area contributed by atoms with E-state index in [4.69, 9.17) is 10.6 Å². The number of rotatable bonds is 8. The molecular formula is C12H18N4O3. The van der Waals surface area contributed by atoms with Crippen LogP contribution in [0.2, 0.25) is 0 Å². The smallest absolute Gasteiger partial charge is 0.316 e. The first-order valence-corrected chi connectivity index (χ1v) is 6.28. The van der Waals surface area contributed by atoms with Crippen molar-refractivity contribution in [2.75, 3.05) is 30.5 Å². The summed E-state index contributed by atoms with van der Waals surface area (Å²) in [5, 5.41) is 14.0. The van der Waals surface area contributed by atoms with Crippen LogP contribution in [-0.4, -0.2) is 24.7 Å². The minimum absolute atomic E-state index is 0.0489. The molecule has 0 radical (unpaired) electrons. The van der Waals surface area contributed by atoms with Crippen LogP contribution in [0.4, 0.5) is 17.1 Å². The van der Waals surface area contributed by atoms with Gasteiger partial charge in [0.1, 0.15) is 11.4 Å². The van der Waals surface area contributed by atoms with Gasteiger partial charge in [0.15, 0.2) is 0 Å². The molecule has 0 unspecified atom stereocenters. The van der Waals surface area contributed by atoms with Crippen molar-refractivity contribution in [2.45, 2.75) is 12.8 Å². The zero-order valence-electron chi connectivity index (χ0n) is 10.6. The summed E-state index contributed by atoms with van der Waals surface area (Å²) in [5.74, 6) is 5.99. The third kappa shape index (κ3) is 3.80. The van der Waals surface area contributed by atoms with Gasteiger partial charge in [-0.1, -0.05) is 6.07 Å². The van der Waals surface area contributed by atoms with Gasteiger partial charge in [-0.15, -0.1) is 0 Å². The van der Waals surface area contributed by atoms with Crippen LogP contribution in [-0.2, 0) is 4.74 Å². The molecule has 0 spiro atoms. The number of hydrogen-bond acceptors (Lipinski definition) is 6. The molecule has 0 heterocycles. The first kappa shape index (κ1) is 13.6. The zero-order valence-corrected chi connectivity index (χ0v) is 10.6. The minimum atomic E-state index is -0.456. The highest BCUT2D eigenvalue weighted by Crippen LogP contribution is 2.32. The molecule has 19 heavy (non-hydrogen) atoms. The van der Waals surface area contributed by atoms with Crippen LogP contribution in [0.15, 0.2) is 18.2 Å². The molecule has 1 fully saturated rings. The van der Waals surface area contributed by atoms with Crippen molar-refractivity contribution in [1.29, 1.82) is 0 Å². The van der Waals surface area contributed by atoms with E-state index in [1.54, 1.807) is 18.2 Å². The number of nitrogens with one attached hydrogen (secondary N) is 2. The quantitative estimate of drug-likeness (QED) is 0.286. The van der Waals surface area contributed by atoms with E-state index >= 15 is 0 Å². The SMILES string of the molecule is NNc1cccc(NCCOCC2CC2)c1[N+](=O)[O-]. The molecule has 0 aromatic heterocycles. The fraction of sp³-hybridized carbons (Fsp3) is 0.500. The number of nitrogens with two attached hydrogens (primary N) is 1. The molecule has 1 aromatic rings. The van der Waals surface area contributed by atoms with Crippen LogP contribution in [0.25, 0.3) is 0 Å². The number of nitrogen functional groups attached to an aromatic ring is 1. The number of nitrogens with zero attached hydrogens (tertiary/aromatic N) is 1. The summed E-state index contributed by atoms with van der Waals surface area (Å²) in [6.07, 6.45) is 2.51. The Bertz CT molecular complexity index is 449. The maximum atomic E-state index is 11.0. The average molecular weight is 266 g/mol. The van der Waals surface area contributed by atoms with E-state index in [9.17, 15) is 10.1 Å². The largest absolute Gasteiger partial charge is 0.379 e. The number of nitro groups is 1. The number of nitro benzene ring substituents is 1. The predicted molar refractivity (Wildman–Crippen MR) is 72.9 cm³/mol.